The van der Waals surface area contributed by atoms with E-state index in [-0.39, 0.29) is 5.91 Å². The van der Waals surface area contributed by atoms with Crippen LogP contribution in [-0.2, 0) is 17.8 Å². The maximum atomic E-state index is 11.9. The maximum Gasteiger partial charge on any atom is 0.227 e. The molecule has 0 bridgehead atoms. The molecule has 0 atom stereocenters. The van der Waals surface area contributed by atoms with Gasteiger partial charge in [-0.05, 0) is 18.4 Å². The lowest BCUT2D eigenvalue weighted by Gasteiger charge is -2.14. The monoisotopic (exact) mass is 250 g/mol. The molecule has 2 aromatic rings. The number of likely N-dealkylation sites (N-methyl/N-ethyl adjacent to an activating group) is 1. The van der Waals surface area contributed by atoms with E-state index >= 15 is 0 Å². The fourth-order valence-corrected chi connectivity index (χ4v) is 2.22. The maximum absolute atomic E-state index is 11.9. The Labute approximate surface area is 104 Å². The Morgan fingerprint density at radius 2 is 2.41 bits per heavy atom. The average Bonchev–Trinajstić information content (AvgIpc) is 2.90. The molecule has 0 saturated heterocycles. The van der Waals surface area contributed by atoms with Crippen LogP contribution in [0.1, 0.15) is 16.3 Å². The Morgan fingerprint density at radius 3 is 3.00 bits per heavy atom. The quantitative estimate of drug-likeness (QED) is 0.836. The van der Waals surface area contributed by atoms with E-state index in [1.807, 2.05) is 30.5 Å². The van der Waals surface area contributed by atoms with Crippen LogP contribution in [0.3, 0.4) is 0 Å². The van der Waals surface area contributed by atoms with Gasteiger partial charge in [0, 0.05) is 18.0 Å². The first-order valence-electron chi connectivity index (χ1n) is 5.33. The first kappa shape index (κ1) is 11.9. The molecule has 0 N–H and O–H groups in total. The molecular formula is C12H14N2O2S. The van der Waals surface area contributed by atoms with Crippen molar-refractivity contribution in [3.8, 4) is 0 Å². The summed E-state index contributed by atoms with van der Waals surface area (Å²) in [5.41, 5.74) is 0.782. The first-order valence-corrected chi connectivity index (χ1v) is 6.21. The summed E-state index contributed by atoms with van der Waals surface area (Å²) in [6.45, 7) is 2.32. The van der Waals surface area contributed by atoms with Crippen LogP contribution >= 0.6 is 11.3 Å². The third-order valence-electron chi connectivity index (χ3n) is 2.41. The second-order valence-corrected chi connectivity index (χ2v) is 4.97. The summed E-state index contributed by atoms with van der Waals surface area (Å²) >= 11 is 1.60. The van der Waals surface area contributed by atoms with Gasteiger partial charge in [0.15, 0.2) is 0 Å². The van der Waals surface area contributed by atoms with Gasteiger partial charge in [0.1, 0.15) is 11.5 Å². The minimum absolute atomic E-state index is 0.0908. The summed E-state index contributed by atoms with van der Waals surface area (Å²) in [5, 5.41) is 5.84. The van der Waals surface area contributed by atoms with Crippen LogP contribution in [0.25, 0.3) is 0 Å². The third-order valence-corrected chi connectivity index (χ3v) is 3.28. The van der Waals surface area contributed by atoms with Crippen molar-refractivity contribution in [3.05, 3.63) is 39.9 Å². The second-order valence-electron chi connectivity index (χ2n) is 3.93. The van der Waals surface area contributed by atoms with E-state index in [2.05, 4.69) is 5.16 Å². The van der Waals surface area contributed by atoms with E-state index in [1.54, 1.807) is 23.3 Å². The molecule has 0 spiro atoms. The molecule has 2 aromatic heterocycles. The van der Waals surface area contributed by atoms with Gasteiger partial charge in [0.25, 0.3) is 0 Å². The number of thiophene rings is 1. The fourth-order valence-electron chi connectivity index (χ4n) is 1.52. The number of carbonyl (C=O) groups is 1. The molecule has 5 heteroatoms. The Bertz CT molecular complexity index is 490. The fraction of sp³-hybridized carbons (Fsp3) is 0.333. The summed E-state index contributed by atoms with van der Waals surface area (Å²) < 4.78 is 4.97. The van der Waals surface area contributed by atoms with Crippen LogP contribution < -0.4 is 0 Å². The van der Waals surface area contributed by atoms with Crippen molar-refractivity contribution in [1.29, 1.82) is 0 Å². The Kier molecular flexibility index (Phi) is 3.58. The van der Waals surface area contributed by atoms with E-state index in [1.165, 1.54) is 0 Å². The summed E-state index contributed by atoms with van der Waals surface area (Å²) in [6.07, 6.45) is 0.449. The number of aryl methyl sites for hydroxylation is 1. The van der Waals surface area contributed by atoms with Crippen molar-refractivity contribution in [1.82, 2.24) is 10.1 Å². The zero-order valence-electron chi connectivity index (χ0n) is 9.84. The molecule has 90 valence electrons. The van der Waals surface area contributed by atoms with Crippen molar-refractivity contribution in [2.45, 2.75) is 19.9 Å². The second kappa shape index (κ2) is 5.14. The van der Waals surface area contributed by atoms with E-state index in [0.29, 0.717) is 13.0 Å². The van der Waals surface area contributed by atoms with Crippen molar-refractivity contribution >= 4 is 17.2 Å². The number of amides is 1. The Hall–Kier alpha value is -1.62. The highest BCUT2D eigenvalue weighted by Crippen LogP contribution is 2.11. The number of carbonyl (C=O) groups excluding carboxylic acids is 1. The molecule has 0 aromatic carbocycles. The SMILES string of the molecule is Cc1cc(CN(C)C(=O)Cc2cccs2)no1. The highest BCUT2D eigenvalue weighted by atomic mass is 32.1. The number of hydrogen-bond donors (Lipinski definition) is 0. The van der Waals surface area contributed by atoms with Crippen molar-refractivity contribution < 1.29 is 9.32 Å². The molecule has 0 fully saturated rings. The molecule has 0 aliphatic heterocycles. The summed E-state index contributed by atoms with van der Waals surface area (Å²) in [6, 6.07) is 5.76. The van der Waals surface area contributed by atoms with Gasteiger partial charge in [-0.2, -0.15) is 0 Å². The molecule has 1 amide bonds. The van der Waals surface area contributed by atoms with Gasteiger partial charge in [-0.15, -0.1) is 11.3 Å². The van der Waals surface area contributed by atoms with Gasteiger partial charge in [0.2, 0.25) is 5.91 Å². The number of rotatable bonds is 4. The lowest BCUT2D eigenvalue weighted by molar-refractivity contribution is -0.129. The first-order chi connectivity index (χ1) is 8.15. The minimum atomic E-state index is 0.0908. The standard InChI is InChI=1S/C12H14N2O2S/c1-9-6-10(13-16-9)8-14(2)12(15)7-11-4-3-5-17-11/h3-6H,7-8H2,1-2H3. The molecular weight excluding hydrogens is 236 g/mol. The highest BCUT2D eigenvalue weighted by molar-refractivity contribution is 7.10. The lowest BCUT2D eigenvalue weighted by atomic mass is 10.3. The third kappa shape index (κ3) is 3.17. The average molecular weight is 250 g/mol. The van der Waals surface area contributed by atoms with E-state index in [9.17, 15) is 4.79 Å². The van der Waals surface area contributed by atoms with Gasteiger partial charge < -0.3 is 9.42 Å². The summed E-state index contributed by atoms with van der Waals surface area (Å²) in [5.74, 6) is 0.854. The predicted octanol–water partition coefficient (Wildman–Crippen LogP) is 2.25. The summed E-state index contributed by atoms with van der Waals surface area (Å²) in [7, 11) is 1.78. The highest BCUT2D eigenvalue weighted by Gasteiger charge is 2.12. The number of aromatic nitrogens is 1. The van der Waals surface area contributed by atoms with Gasteiger partial charge >= 0.3 is 0 Å². The predicted molar refractivity (Wildman–Crippen MR) is 65.7 cm³/mol. The number of nitrogens with zero attached hydrogens (tertiary/aromatic N) is 2. The van der Waals surface area contributed by atoms with Crippen LogP contribution in [0.2, 0.25) is 0 Å². The van der Waals surface area contributed by atoms with Crippen LogP contribution in [-0.4, -0.2) is 23.0 Å². The Balaban J connectivity index is 1.91. The van der Waals surface area contributed by atoms with Crippen molar-refractivity contribution in [3.63, 3.8) is 0 Å². The van der Waals surface area contributed by atoms with Gasteiger partial charge in [0.05, 0.1) is 13.0 Å². The van der Waals surface area contributed by atoms with E-state index in [0.717, 1.165) is 16.3 Å². The topological polar surface area (TPSA) is 46.3 Å². The zero-order valence-corrected chi connectivity index (χ0v) is 10.7. The normalized spacial score (nSPS) is 10.5. The Morgan fingerprint density at radius 1 is 1.59 bits per heavy atom. The van der Waals surface area contributed by atoms with Gasteiger partial charge in [-0.3, -0.25) is 4.79 Å². The summed E-state index contributed by atoms with van der Waals surface area (Å²) in [4.78, 5) is 14.6. The molecule has 4 nitrogen and oxygen atoms in total. The molecule has 0 unspecified atom stereocenters. The van der Waals surface area contributed by atoms with Crippen LogP contribution in [0.4, 0.5) is 0 Å². The van der Waals surface area contributed by atoms with Crippen molar-refractivity contribution in [2.24, 2.45) is 0 Å². The molecule has 2 heterocycles. The van der Waals surface area contributed by atoms with Gasteiger partial charge in [-0.25, -0.2) is 0 Å². The smallest absolute Gasteiger partial charge is 0.227 e. The van der Waals surface area contributed by atoms with Gasteiger partial charge in [-0.1, -0.05) is 11.2 Å². The largest absolute Gasteiger partial charge is 0.361 e. The minimum Gasteiger partial charge on any atom is -0.361 e. The molecule has 0 saturated carbocycles. The van der Waals surface area contributed by atoms with E-state index < -0.39 is 0 Å². The molecule has 0 aliphatic rings. The van der Waals surface area contributed by atoms with E-state index in [4.69, 9.17) is 4.52 Å². The molecule has 17 heavy (non-hydrogen) atoms. The van der Waals surface area contributed by atoms with Crippen molar-refractivity contribution in [2.75, 3.05) is 7.05 Å². The van der Waals surface area contributed by atoms with Crippen LogP contribution in [0.5, 0.6) is 0 Å². The van der Waals surface area contributed by atoms with Crippen LogP contribution in [0.15, 0.2) is 28.1 Å². The molecule has 2 rings (SSSR count). The molecule has 0 aliphatic carbocycles. The number of hydrogen-bond acceptors (Lipinski definition) is 4. The lowest BCUT2D eigenvalue weighted by Crippen LogP contribution is -2.27. The zero-order chi connectivity index (χ0) is 12.3. The van der Waals surface area contributed by atoms with Crippen LogP contribution in [0, 0.1) is 6.92 Å². The molecule has 0 radical (unpaired) electrons.